The average molecular weight is 732 g/mol. The third kappa shape index (κ3) is 10.3. The van der Waals surface area contributed by atoms with Crippen LogP contribution in [0.2, 0.25) is 0 Å². The third-order valence-electron chi connectivity index (χ3n) is 5.13. The van der Waals surface area contributed by atoms with Gasteiger partial charge in [-0.15, -0.1) is 0 Å². The van der Waals surface area contributed by atoms with Gasteiger partial charge in [0.25, 0.3) is 0 Å². The Morgan fingerprint density at radius 3 is 1.61 bits per heavy atom. The largest absolute Gasteiger partial charge is 3.00 e. The van der Waals surface area contributed by atoms with E-state index in [2.05, 4.69) is 26.6 Å². The monoisotopic (exact) mass is 731 g/mol. The molecule has 0 unspecified atom stereocenters. The van der Waals surface area contributed by atoms with E-state index in [1.807, 2.05) is 56.4 Å². The number of nitrogens with zero attached hydrogens (tertiary/aromatic N) is 3. The molecular formula is C28H28AuN3O4S2. The van der Waals surface area contributed by atoms with E-state index in [-0.39, 0.29) is 45.3 Å². The van der Waals surface area contributed by atoms with Crippen molar-refractivity contribution in [1.82, 2.24) is 4.98 Å². The van der Waals surface area contributed by atoms with E-state index in [4.69, 9.17) is 0 Å². The van der Waals surface area contributed by atoms with Gasteiger partial charge in [-0.3, -0.25) is 4.98 Å². The molecule has 0 saturated carbocycles. The van der Waals surface area contributed by atoms with Crippen molar-refractivity contribution in [2.75, 3.05) is 13.1 Å². The van der Waals surface area contributed by atoms with E-state index in [0.717, 1.165) is 23.2 Å². The van der Waals surface area contributed by atoms with Crippen LogP contribution in [0.3, 0.4) is 0 Å². The van der Waals surface area contributed by atoms with E-state index in [9.17, 15) is 16.8 Å². The van der Waals surface area contributed by atoms with E-state index in [1.165, 1.54) is 29.8 Å². The first-order valence-corrected chi connectivity index (χ1v) is 14.4. The predicted octanol–water partition coefficient (Wildman–Crippen LogP) is 5.60. The van der Waals surface area contributed by atoms with Crippen molar-refractivity contribution in [3.63, 3.8) is 0 Å². The Bertz CT molecular complexity index is 1350. The van der Waals surface area contributed by atoms with Gasteiger partial charge in [0, 0.05) is 21.7 Å². The molecule has 0 fully saturated rings. The van der Waals surface area contributed by atoms with Crippen LogP contribution in [0.5, 0.6) is 0 Å². The number of aromatic nitrogens is 1. The molecule has 38 heavy (non-hydrogen) atoms. The van der Waals surface area contributed by atoms with Crippen molar-refractivity contribution in [3.05, 3.63) is 135 Å². The van der Waals surface area contributed by atoms with Crippen molar-refractivity contribution in [3.8, 4) is 0 Å². The minimum absolute atomic E-state index is 0. The van der Waals surface area contributed by atoms with Gasteiger partial charge in [-0.25, -0.2) is 16.8 Å². The molecule has 0 amide bonds. The van der Waals surface area contributed by atoms with Gasteiger partial charge < -0.3 is 9.44 Å². The topological polar surface area (TPSA) is 109 Å². The first-order chi connectivity index (χ1) is 17.7. The number of hydrogen-bond donors (Lipinski definition) is 0. The normalized spacial score (nSPS) is 11.1. The number of pyridine rings is 1. The molecule has 0 radical (unpaired) electrons. The Labute approximate surface area is 241 Å². The maximum atomic E-state index is 12.0. The fourth-order valence-electron chi connectivity index (χ4n) is 3.13. The second-order valence-corrected chi connectivity index (χ2v) is 11.5. The molecular weight excluding hydrogens is 703 g/mol. The standard InChI is InChI=1S/C16H18N2O4S2.C12H10N.Au/c1-13-3-7-15(8-4-13)23(19,20)17-11-12-18-24(21,22)16-9-5-14(2)6-10-16;1-2-6-11(7-3-1)10-12-8-4-5-9-13-12;/h3-10H,11-12H2,1-2H3;1-6,8-9H,10H2;/q-2;-1;+3. The minimum atomic E-state index is -3.79. The first-order valence-electron chi connectivity index (χ1n) is 11.5. The Morgan fingerprint density at radius 2 is 1.18 bits per heavy atom. The van der Waals surface area contributed by atoms with Crippen LogP contribution in [0.25, 0.3) is 9.44 Å². The summed E-state index contributed by atoms with van der Waals surface area (Å²) in [6, 6.07) is 29.7. The summed E-state index contributed by atoms with van der Waals surface area (Å²) in [5, 5.41) is 0. The van der Waals surface area contributed by atoms with E-state index in [1.54, 1.807) is 24.3 Å². The summed E-state index contributed by atoms with van der Waals surface area (Å²) < 4.78 is 55.2. The number of benzene rings is 3. The van der Waals surface area contributed by atoms with Crippen LogP contribution >= 0.6 is 0 Å². The Kier molecular flexibility index (Phi) is 12.5. The van der Waals surface area contributed by atoms with E-state index < -0.39 is 20.0 Å². The molecule has 0 bridgehead atoms. The van der Waals surface area contributed by atoms with Gasteiger partial charge in [-0.05, 0) is 56.7 Å². The van der Waals surface area contributed by atoms with Crippen LogP contribution < -0.4 is 0 Å². The maximum absolute atomic E-state index is 12.0. The first kappa shape index (κ1) is 31.6. The summed E-state index contributed by atoms with van der Waals surface area (Å²) in [7, 11) is -7.59. The van der Waals surface area contributed by atoms with Gasteiger partial charge in [0.1, 0.15) is 20.0 Å². The van der Waals surface area contributed by atoms with Gasteiger partial charge >= 0.3 is 22.4 Å². The average Bonchev–Trinajstić information content (AvgIpc) is 2.89. The SMILES string of the molecule is Cc1ccc(S(=O)(=O)[N-]CC[N-]S(=O)(=O)c2ccc(C)cc2)cc1.[Au+3].[c-]1ccccc1Cc1ccccn1. The van der Waals surface area contributed by atoms with Crippen LogP contribution in [0, 0.1) is 19.9 Å². The molecule has 1 aromatic heterocycles. The molecule has 0 aliphatic rings. The number of hydrogen-bond acceptors (Lipinski definition) is 5. The summed E-state index contributed by atoms with van der Waals surface area (Å²) in [5.41, 5.74) is 4.15. The van der Waals surface area contributed by atoms with Crippen molar-refractivity contribution in [1.29, 1.82) is 0 Å². The van der Waals surface area contributed by atoms with E-state index in [0.29, 0.717) is 0 Å². The molecule has 4 aromatic rings. The molecule has 4 rings (SSSR count). The van der Waals surface area contributed by atoms with Gasteiger partial charge in [-0.2, -0.15) is 49.0 Å². The fraction of sp³-hybridized carbons (Fsp3) is 0.179. The zero-order chi connectivity index (χ0) is 26.7. The van der Waals surface area contributed by atoms with E-state index >= 15 is 0 Å². The summed E-state index contributed by atoms with van der Waals surface area (Å²) in [6.45, 7) is 3.26. The summed E-state index contributed by atoms with van der Waals surface area (Å²) in [5.74, 6) is 0. The second kappa shape index (κ2) is 15.1. The number of rotatable bonds is 9. The molecule has 10 heteroatoms. The smallest absolute Gasteiger partial charge is 0.546 e. The molecule has 0 atom stereocenters. The number of aryl methyl sites for hydroxylation is 2. The van der Waals surface area contributed by atoms with Gasteiger partial charge in [0.05, 0.1) is 0 Å². The van der Waals surface area contributed by atoms with Crippen LogP contribution in [0.1, 0.15) is 22.4 Å². The Balaban J connectivity index is 0.000000305. The van der Waals surface area contributed by atoms with Gasteiger partial charge in [0.2, 0.25) is 0 Å². The zero-order valence-corrected chi connectivity index (χ0v) is 24.8. The van der Waals surface area contributed by atoms with Crippen molar-refractivity contribution >= 4 is 20.0 Å². The molecule has 3 aromatic carbocycles. The number of sulfonamides is 2. The zero-order valence-electron chi connectivity index (χ0n) is 21.0. The summed E-state index contributed by atoms with van der Waals surface area (Å²) >= 11 is 0. The molecule has 0 spiro atoms. The maximum Gasteiger partial charge on any atom is 3.00 e. The molecule has 0 aliphatic carbocycles. The van der Waals surface area contributed by atoms with Crippen LogP contribution in [0.4, 0.5) is 0 Å². The molecule has 202 valence electrons. The fourth-order valence-corrected chi connectivity index (χ4v) is 5.03. The molecule has 7 nitrogen and oxygen atoms in total. The van der Waals surface area contributed by atoms with Crippen molar-refractivity contribution < 1.29 is 39.2 Å². The molecule has 0 N–H and O–H groups in total. The van der Waals surface area contributed by atoms with Crippen LogP contribution in [0.15, 0.2) is 107 Å². The molecule has 0 saturated heterocycles. The van der Waals surface area contributed by atoms with Gasteiger partial charge in [0.15, 0.2) is 0 Å². The second-order valence-electron chi connectivity index (χ2n) is 8.17. The Morgan fingerprint density at radius 1 is 0.684 bits per heavy atom. The summed E-state index contributed by atoms with van der Waals surface area (Å²) in [4.78, 5) is 4.41. The van der Waals surface area contributed by atoms with Crippen molar-refractivity contribution in [2.24, 2.45) is 0 Å². The van der Waals surface area contributed by atoms with Crippen LogP contribution in [-0.2, 0) is 48.8 Å². The van der Waals surface area contributed by atoms with Crippen molar-refractivity contribution in [2.45, 2.75) is 30.1 Å². The third-order valence-corrected chi connectivity index (χ3v) is 7.91. The quantitative estimate of drug-likeness (QED) is 0.127. The molecule has 1 heterocycles. The Hall–Kier alpha value is -2.63. The van der Waals surface area contributed by atoms with Gasteiger partial charge in [-0.1, -0.05) is 41.5 Å². The van der Waals surface area contributed by atoms with Crippen LogP contribution in [-0.4, -0.2) is 34.9 Å². The minimum Gasteiger partial charge on any atom is -0.546 e. The predicted molar refractivity (Wildman–Crippen MR) is 146 cm³/mol. The molecule has 0 aliphatic heterocycles. The summed E-state index contributed by atoms with van der Waals surface area (Å²) in [6.07, 6.45) is 2.68.